The maximum atomic E-state index is 13.3. The Bertz CT molecular complexity index is 1230. The fourth-order valence-electron chi connectivity index (χ4n) is 4.51. The van der Waals surface area contributed by atoms with Gasteiger partial charge in [-0.05, 0) is 55.3 Å². The summed E-state index contributed by atoms with van der Waals surface area (Å²) < 4.78 is 51.4. The minimum Gasteiger partial charge on any atom is -0.340 e. The minimum atomic E-state index is -3.72. The molecule has 8 nitrogen and oxygen atoms in total. The lowest BCUT2D eigenvalue weighted by Crippen LogP contribution is -2.52. The SMILES string of the molecule is CN1CCN(C(=O)[C@@H]2CCCN(S(=O)(=O)c3ccc(-c4ccc(S(C)(=O)=O)cc4)cc3)C2)CC1. The van der Waals surface area contributed by atoms with E-state index >= 15 is 0 Å². The fraction of sp³-hybridized carbons (Fsp3) is 0.458. The van der Waals surface area contributed by atoms with Gasteiger partial charge in [0.2, 0.25) is 15.9 Å². The number of carbonyl (C=O) groups is 1. The summed E-state index contributed by atoms with van der Waals surface area (Å²) in [6, 6.07) is 13.1. The lowest BCUT2D eigenvalue weighted by atomic mass is 9.98. The summed E-state index contributed by atoms with van der Waals surface area (Å²) in [7, 11) is -4.96. The van der Waals surface area contributed by atoms with Crippen LogP contribution >= 0.6 is 0 Å². The van der Waals surface area contributed by atoms with Gasteiger partial charge in [-0.2, -0.15) is 4.31 Å². The van der Waals surface area contributed by atoms with Crippen molar-refractivity contribution >= 4 is 25.8 Å². The molecule has 4 rings (SSSR count). The number of hydrogen-bond donors (Lipinski definition) is 0. The third-order valence-corrected chi connectivity index (χ3v) is 9.66. The van der Waals surface area contributed by atoms with Crippen molar-refractivity contribution in [2.75, 3.05) is 52.6 Å². The van der Waals surface area contributed by atoms with E-state index < -0.39 is 19.9 Å². The van der Waals surface area contributed by atoms with Gasteiger partial charge in [0.25, 0.3) is 0 Å². The quantitative estimate of drug-likeness (QED) is 0.616. The zero-order valence-corrected chi connectivity index (χ0v) is 21.2. The van der Waals surface area contributed by atoms with Crippen LogP contribution in [0.25, 0.3) is 11.1 Å². The summed E-state index contributed by atoms with van der Waals surface area (Å²) in [5.41, 5.74) is 1.59. The van der Waals surface area contributed by atoms with Gasteiger partial charge >= 0.3 is 0 Å². The van der Waals surface area contributed by atoms with E-state index in [-0.39, 0.29) is 28.2 Å². The van der Waals surface area contributed by atoms with Gasteiger partial charge < -0.3 is 9.80 Å². The van der Waals surface area contributed by atoms with Crippen LogP contribution in [-0.4, -0.2) is 89.4 Å². The first-order valence-electron chi connectivity index (χ1n) is 11.4. The van der Waals surface area contributed by atoms with Crippen molar-refractivity contribution in [2.45, 2.75) is 22.6 Å². The molecule has 0 unspecified atom stereocenters. The van der Waals surface area contributed by atoms with Crippen LogP contribution in [0, 0.1) is 5.92 Å². The summed E-state index contributed by atoms with van der Waals surface area (Å²) in [5, 5.41) is 0. The lowest BCUT2D eigenvalue weighted by Gasteiger charge is -2.37. The lowest BCUT2D eigenvalue weighted by molar-refractivity contribution is -0.138. The highest BCUT2D eigenvalue weighted by Gasteiger charge is 2.35. The van der Waals surface area contributed by atoms with E-state index in [0.717, 1.165) is 30.5 Å². The number of rotatable bonds is 5. The molecular formula is C24H31N3O5S2. The molecule has 0 saturated carbocycles. The molecular weight excluding hydrogens is 474 g/mol. The van der Waals surface area contributed by atoms with Gasteiger partial charge in [-0.15, -0.1) is 0 Å². The molecule has 2 aliphatic heterocycles. The number of sulfonamides is 1. The van der Waals surface area contributed by atoms with Crippen molar-refractivity contribution in [1.82, 2.24) is 14.1 Å². The number of piperazine rings is 1. The molecule has 0 aromatic heterocycles. The van der Waals surface area contributed by atoms with Crippen LogP contribution < -0.4 is 0 Å². The molecule has 34 heavy (non-hydrogen) atoms. The summed E-state index contributed by atoms with van der Waals surface area (Å²) >= 11 is 0. The third-order valence-electron chi connectivity index (χ3n) is 6.66. The summed E-state index contributed by atoms with van der Waals surface area (Å²) in [6.07, 6.45) is 2.53. The normalized spacial score (nSPS) is 20.9. The molecule has 1 atom stereocenters. The Morgan fingerprint density at radius 2 is 1.32 bits per heavy atom. The average Bonchev–Trinajstić information content (AvgIpc) is 2.84. The van der Waals surface area contributed by atoms with Gasteiger partial charge in [0.15, 0.2) is 9.84 Å². The number of benzene rings is 2. The largest absolute Gasteiger partial charge is 0.340 e. The Balaban J connectivity index is 1.46. The Morgan fingerprint density at radius 1 is 0.794 bits per heavy atom. The van der Waals surface area contributed by atoms with Crippen LogP contribution in [0.4, 0.5) is 0 Å². The molecule has 184 valence electrons. The zero-order valence-electron chi connectivity index (χ0n) is 19.6. The van der Waals surface area contributed by atoms with Gasteiger partial charge in [-0.25, -0.2) is 16.8 Å². The van der Waals surface area contributed by atoms with E-state index in [2.05, 4.69) is 4.90 Å². The van der Waals surface area contributed by atoms with Gasteiger partial charge in [-0.1, -0.05) is 24.3 Å². The number of amides is 1. The van der Waals surface area contributed by atoms with Gasteiger partial charge in [-0.3, -0.25) is 4.79 Å². The Labute approximate surface area is 202 Å². The number of likely N-dealkylation sites (N-methyl/N-ethyl adjacent to an activating group) is 1. The first kappa shape index (κ1) is 24.8. The Kier molecular flexibility index (Phi) is 7.14. The van der Waals surface area contributed by atoms with Crippen LogP contribution in [0.5, 0.6) is 0 Å². The third kappa shape index (κ3) is 5.35. The summed E-state index contributed by atoms with van der Waals surface area (Å²) in [6.45, 7) is 3.66. The van der Waals surface area contributed by atoms with Crippen molar-refractivity contribution in [3.05, 3.63) is 48.5 Å². The van der Waals surface area contributed by atoms with E-state index in [0.29, 0.717) is 32.5 Å². The predicted octanol–water partition coefficient (Wildman–Crippen LogP) is 1.93. The molecule has 0 bridgehead atoms. The second-order valence-electron chi connectivity index (χ2n) is 9.15. The fourth-order valence-corrected chi connectivity index (χ4v) is 6.66. The number of hydrogen-bond acceptors (Lipinski definition) is 6. The monoisotopic (exact) mass is 505 g/mol. The standard InChI is InChI=1S/C24H31N3O5S2/c1-25-14-16-26(17-15-25)24(28)21-4-3-13-27(18-21)34(31,32)23-11-7-20(8-12-23)19-5-9-22(10-6-19)33(2,29)30/h5-12,21H,3-4,13-18H2,1-2H3/t21-/m1/s1. The molecule has 2 heterocycles. The van der Waals surface area contributed by atoms with Crippen molar-refractivity contribution in [3.63, 3.8) is 0 Å². The highest BCUT2D eigenvalue weighted by atomic mass is 32.2. The molecule has 2 aromatic carbocycles. The van der Waals surface area contributed by atoms with Crippen molar-refractivity contribution in [3.8, 4) is 11.1 Å². The first-order chi connectivity index (χ1) is 16.1. The molecule has 2 aliphatic rings. The molecule has 0 aliphatic carbocycles. The van der Waals surface area contributed by atoms with Crippen LogP contribution in [0.3, 0.4) is 0 Å². The van der Waals surface area contributed by atoms with Crippen LogP contribution in [0.2, 0.25) is 0 Å². The molecule has 0 N–H and O–H groups in total. The Morgan fingerprint density at radius 3 is 1.85 bits per heavy atom. The number of nitrogens with zero attached hydrogens (tertiary/aromatic N) is 3. The minimum absolute atomic E-state index is 0.0564. The molecule has 2 fully saturated rings. The smallest absolute Gasteiger partial charge is 0.243 e. The average molecular weight is 506 g/mol. The van der Waals surface area contributed by atoms with Gasteiger partial charge in [0.05, 0.1) is 15.7 Å². The summed E-state index contributed by atoms with van der Waals surface area (Å²) in [4.78, 5) is 17.5. The van der Waals surface area contributed by atoms with E-state index in [1.165, 1.54) is 4.31 Å². The summed E-state index contributed by atoms with van der Waals surface area (Å²) in [5.74, 6) is -0.250. The molecule has 1 amide bonds. The van der Waals surface area contributed by atoms with E-state index in [1.54, 1.807) is 48.5 Å². The van der Waals surface area contributed by atoms with Gasteiger partial charge in [0, 0.05) is 45.5 Å². The van der Waals surface area contributed by atoms with Crippen molar-refractivity contribution in [2.24, 2.45) is 5.92 Å². The highest BCUT2D eigenvalue weighted by Crippen LogP contribution is 2.28. The van der Waals surface area contributed by atoms with Crippen molar-refractivity contribution in [1.29, 1.82) is 0 Å². The highest BCUT2D eigenvalue weighted by molar-refractivity contribution is 7.90. The topological polar surface area (TPSA) is 95.1 Å². The predicted molar refractivity (Wildman–Crippen MR) is 131 cm³/mol. The molecule has 10 heteroatoms. The Hall–Kier alpha value is -2.27. The van der Waals surface area contributed by atoms with E-state index in [1.807, 2.05) is 11.9 Å². The molecule has 2 aromatic rings. The van der Waals surface area contributed by atoms with Crippen LogP contribution in [0.15, 0.2) is 58.3 Å². The molecule has 0 spiro atoms. The second kappa shape index (κ2) is 9.77. The molecule has 0 radical (unpaired) electrons. The van der Waals surface area contributed by atoms with E-state index in [9.17, 15) is 21.6 Å². The first-order valence-corrected chi connectivity index (χ1v) is 14.8. The molecule has 2 saturated heterocycles. The van der Waals surface area contributed by atoms with Gasteiger partial charge in [0.1, 0.15) is 0 Å². The second-order valence-corrected chi connectivity index (χ2v) is 13.1. The number of piperidine rings is 1. The maximum absolute atomic E-state index is 13.3. The number of sulfone groups is 1. The van der Waals surface area contributed by atoms with Crippen molar-refractivity contribution < 1.29 is 21.6 Å². The van der Waals surface area contributed by atoms with Crippen LogP contribution in [0.1, 0.15) is 12.8 Å². The van der Waals surface area contributed by atoms with E-state index in [4.69, 9.17) is 0 Å². The zero-order chi connectivity index (χ0) is 24.5. The number of carbonyl (C=O) groups excluding carboxylic acids is 1. The van der Waals surface area contributed by atoms with Crippen LogP contribution in [-0.2, 0) is 24.7 Å². The maximum Gasteiger partial charge on any atom is 0.243 e.